The number of carboxylic acids is 1. The summed E-state index contributed by atoms with van der Waals surface area (Å²) in [5.74, 6) is -2.64. The van der Waals surface area contributed by atoms with Crippen molar-refractivity contribution in [1.29, 1.82) is 0 Å². The quantitative estimate of drug-likeness (QED) is 0.342. The van der Waals surface area contributed by atoms with E-state index in [0.29, 0.717) is 18.5 Å². The summed E-state index contributed by atoms with van der Waals surface area (Å²) in [5.41, 5.74) is -1.39. The van der Waals surface area contributed by atoms with Crippen molar-refractivity contribution < 1.29 is 38.6 Å². The number of nitrogens with zero attached hydrogens (tertiary/aromatic N) is 2. The summed E-state index contributed by atoms with van der Waals surface area (Å²) in [7, 11) is 0. The Morgan fingerprint density at radius 3 is 2.69 bits per heavy atom. The monoisotopic (exact) mass is 522 g/mol. The number of aliphatic hydroxyl groups is 1. The molecule has 2 N–H and O–H groups in total. The molecule has 4 heterocycles. The van der Waals surface area contributed by atoms with Crippen LogP contribution in [0, 0.1) is 0 Å². The van der Waals surface area contributed by atoms with Crippen LogP contribution >= 0.6 is 23.4 Å². The Morgan fingerprint density at radius 2 is 2.00 bits per heavy atom. The first kappa shape index (κ1) is 25.4. The number of carboxylic acid groups (broad SMARTS) is 1. The summed E-state index contributed by atoms with van der Waals surface area (Å²) in [6.07, 6.45) is 9.68. The van der Waals surface area contributed by atoms with E-state index in [-0.39, 0.29) is 36.3 Å². The van der Waals surface area contributed by atoms with Gasteiger partial charge in [0.05, 0.1) is 23.7 Å². The van der Waals surface area contributed by atoms with E-state index in [9.17, 15) is 24.6 Å². The van der Waals surface area contributed by atoms with Crippen molar-refractivity contribution in [1.82, 2.24) is 4.98 Å². The highest BCUT2D eigenvalue weighted by Crippen LogP contribution is 2.62. The molecule has 10 nitrogen and oxygen atoms in total. The molecule has 2 fully saturated rings. The molecule has 0 aromatic carbocycles. The lowest BCUT2D eigenvalue weighted by atomic mass is 9.83. The maximum absolute atomic E-state index is 12.9. The minimum Gasteiger partial charge on any atom is -0.479 e. The van der Waals surface area contributed by atoms with Crippen LogP contribution in [-0.2, 0) is 24.0 Å². The van der Waals surface area contributed by atoms with Gasteiger partial charge in [-0.2, -0.15) is 0 Å². The summed E-state index contributed by atoms with van der Waals surface area (Å²) >= 11 is 7.03. The molecule has 0 saturated carbocycles. The van der Waals surface area contributed by atoms with E-state index >= 15 is 0 Å². The maximum atomic E-state index is 12.9. The lowest BCUT2D eigenvalue weighted by molar-refractivity contribution is -0.148. The molecule has 1 aromatic rings. The summed E-state index contributed by atoms with van der Waals surface area (Å²) in [5, 5.41) is 23.9. The molecule has 1 aromatic heterocycles. The Labute approximate surface area is 209 Å². The average molecular weight is 523 g/mol. The van der Waals surface area contributed by atoms with E-state index in [1.54, 1.807) is 24.3 Å². The number of carbonyl (C=O) groups excluding carboxylic acids is 2. The van der Waals surface area contributed by atoms with E-state index in [1.165, 1.54) is 30.2 Å². The van der Waals surface area contributed by atoms with E-state index < -0.39 is 33.1 Å². The predicted octanol–water partition coefficient (Wildman–Crippen LogP) is 2.50. The van der Waals surface area contributed by atoms with Gasteiger partial charge in [0, 0.05) is 4.75 Å². The zero-order chi connectivity index (χ0) is 25.3. The molecule has 0 spiro atoms. The number of fused-ring (bicyclic) bond motifs is 4. The van der Waals surface area contributed by atoms with Crippen LogP contribution < -0.4 is 0 Å². The zero-order valence-corrected chi connectivity index (χ0v) is 20.3. The molecule has 4 rings (SSSR count). The molecule has 0 amide bonds. The molecule has 0 radical (unpaired) electrons. The number of thioether (sulfide) groups is 1. The largest absolute Gasteiger partial charge is 0.479 e. The van der Waals surface area contributed by atoms with Crippen LogP contribution in [0.15, 0.2) is 46.2 Å². The van der Waals surface area contributed by atoms with Gasteiger partial charge in [0.25, 0.3) is 0 Å². The van der Waals surface area contributed by atoms with E-state index in [1.807, 2.05) is 6.92 Å². The number of ether oxygens (including phenoxy) is 1. The number of hydrogen-bond donors (Lipinski definition) is 2. The highest BCUT2D eigenvalue weighted by atomic mass is 35.5. The number of allylic oxidation sites excluding steroid dienone is 4. The van der Waals surface area contributed by atoms with Crippen LogP contribution in [-0.4, -0.2) is 72.3 Å². The standard InChI is InChI=1S/C23H23ClN2O8S/c1-21-7-6-15(27)5-3-2-4-14-12-32-19(25-14)18(16(28)11-24)26-34-17(29)10-22(35-21,9-8-21)23(13-33-23)20(30)31/h2-7,12,16,28H,8-11,13H2,1H3,(H,30,31)/b4-2-,5-3+,7-6+,26-18-/t16-,21-,22-,23+/m1/s1. The van der Waals surface area contributed by atoms with Crippen LogP contribution in [0.2, 0.25) is 0 Å². The smallest absolute Gasteiger partial charge is 0.339 e. The molecule has 4 atom stereocenters. The number of alkyl halides is 1. The number of oxazole rings is 1. The first-order chi connectivity index (χ1) is 16.6. The lowest BCUT2D eigenvalue weighted by Gasteiger charge is -2.33. The van der Waals surface area contributed by atoms with Gasteiger partial charge >= 0.3 is 11.9 Å². The molecule has 0 aliphatic carbocycles. The number of oxime groups is 1. The zero-order valence-electron chi connectivity index (χ0n) is 18.7. The number of aromatic nitrogens is 1. The van der Waals surface area contributed by atoms with Crippen LogP contribution in [0.5, 0.6) is 0 Å². The van der Waals surface area contributed by atoms with E-state index in [0.717, 1.165) is 0 Å². The second-order valence-corrected chi connectivity index (χ2v) is 10.9. The maximum Gasteiger partial charge on any atom is 0.339 e. The Balaban J connectivity index is 1.73. The number of halogens is 1. The van der Waals surface area contributed by atoms with Crippen molar-refractivity contribution in [2.24, 2.45) is 5.16 Å². The molecule has 2 saturated heterocycles. The number of aliphatic carboxylic acids is 1. The Morgan fingerprint density at radius 1 is 1.26 bits per heavy atom. The molecule has 4 bridgehead atoms. The third kappa shape index (κ3) is 5.13. The molecule has 35 heavy (non-hydrogen) atoms. The fourth-order valence-electron chi connectivity index (χ4n) is 4.10. The van der Waals surface area contributed by atoms with Crippen molar-refractivity contribution in [2.75, 3.05) is 12.5 Å². The van der Waals surface area contributed by atoms with Crippen LogP contribution in [0.1, 0.15) is 37.8 Å². The molecule has 3 aliphatic rings. The van der Waals surface area contributed by atoms with Gasteiger partial charge in [-0.15, -0.1) is 23.4 Å². The van der Waals surface area contributed by atoms with Gasteiger partial charge < -0.3 is 24.2 Å². The lowest BCUT2D eigenvalue weighted by Crippen LogP contribution is -2.48. The van der Waals surface area contributed by atoms with Gasteiger partial charge in [0.1, 0.15) is 18.1 Å². The van der Waals surface area contributed by atoms with Crippen molar-refractivity contribution in [3.63, 3.8) is 0 Å². The van der Waals surface area contributed by atoms with Gasteiger partial charge in [-0.3, -0.25) is 4.79 Å². The van der Waals surface area contributed by atoms with E-state index in [4.69, 9.17) is 25.6 Å². The van der Waals surface area contributed by atoms with Crippen LogP contribution in [0.25, 0.3) is 6.08 Å². The predicted molar refractivity (Wildman–Crippen MR) is 127 cm³/mol. The topological polar surface area (TPSA) is 152 Å². The summed E-state index contributed by atoms with van der Waals surface area (Å²) in [6, 6.07) is 0. The second kappa shape index (κ2) is 9.73. The van der Waals surface area contributed by atoms with Gasteiger partial charge in [0.2, 0.25) is 11.5 Å². The first-order valence-electron chi connectivity index (χ1n) is 10.8. The van der Waals surface area contributed by atoms with Gasteiger partial charge in [-0.05, 0) is 38.0 Å². The number of aliphatic hydroxyl groups excluding tert-OH is 1. The Kier molecular flexibility index (Phi) is 7.05. The summed E-state index contributed by atoms with van der Waals surface area (Å²) in [6.45, 7) is 1.83. The number of carbonyl (C=O) groups is 3. The minimum atomic E-state index is -1.56. The first-order valence-corrected chi connectivity index (χ1v) is 12.1. The SMILES string of the molecule is C[C@@]12/C=C/C(=O)/C=C/C=C\c3coc(n3)/C([C@H](O)CCl)=N\OC(=O)C[C@@]([C@@]3(C(=O)O)CO3)(CC1)S2. The molecule has 3 aliphatic heterocycles. The molecule has 0 unspecified atom stereocenters. The van der Waals surface area contributed by atoms with Crippen molar-refractivity contribution >= 4 is 52.9 Å². The van der Waals surface area contributed by atoms with Gasteiger partial charge in [-0.1, -0.05) is 23.4 Å². The minimum absolute atomic E-state index is 0.0466. The highest BCUT2D eigenvalue weighted by molar-refractivity contribution is 8.02. The second-order valence-electron chi connectivity index (χ2n) is 8.65. The van der Waals surface area contributed by atoms with E-state index in [2.05, 4.69) is 10.1 Å². The summed E-state index contributed by atoms with van der Waals surface area (Å²) in [4.78, 5) is 46.6. The number of rotatable bonds is 4. The Bertz CT molecular complexity index is 1150. The summed E-state index contributed by atoms with van der Waals surface area (Å²) < 4.78 is 8.98. The molecular weight excluding hydrogens is 500 g/mol. The number of epoxide rings is 1. The van der Waals surface area contributed by atoms with Crippen molar-refractivity contribution in [3.8, 4) is 0 Å². The van der Waals surface area contributed by atoms with Crippen molar-refractivity contribution in [3.05, 3.63) is 48.2 Å². The highest BCUT2D eigenvalue weighted by Gasteiger charge is 2.71. The average Bonchev–Trinajstić information content (AvgIpc) is 3.42. The molecule has 186 valence electrons. The number of ketones is 1. The fraction of sp³-hybridized carbons (Fsp3) is 0.435. The van der Waals surface area contributed by atoms with Gasteiger partial charge in [0.15, 0.2) is 11.5 Å². The Hall–Kier alpha value is -2.73. The molecular formula is C23H23ClN2O8S. The fourth-order valence-corrected chi connectivity index (χ4v) is 6.24. The third-order valence-electron chi connectivity index (χ3n) is 6.09. The van der Waals surface area contributed by atoms with Crippen LogP contribution in [0.3, 0.4) is 0 Å². The third-order valence-corrected chi connectivity index (χ3v) is 8.25. The number of hydrogen-bond acceptors (Lipinski definition) is 10. The van der Waals surface area contributed by atoms with Gasteiger partial charge in [-0.25, -0.2) is 14.6 Å². The van der Waals surface area contributed by atoms with Crippen molar-refractivity contribution in [2.45, 2.75) is 47.4 Å². The molecule has 12 heteroatoms. The van der Waals surface area contributed by atoms with Crippen LogP contribution in [0.4, 0.5) is 0 Å². The normalized spacial score (nSPS) is 36.1.